The van der Waals surface area contributed by atoms with E-state index in [1.807, 2.05) is 59.5 Å². The molecular formula is C19H26N4O. The highest BCUT2D eigenvalue weighted by Crippen LogP contribution is 2.09. The van der Waals surface area contributed by atoms with E-state index in [0.29, 0.717) is 6.42 Å². The molecule has 2 aromatic carbocycles. The van der Waals surface area contributed by atoms with Crippen LogP contribution in [-0.2, 0) is 11.2 Å². The Morgan fingerprint density at radius 1 is 0.875 bits per heavy atom. The molecule has 0 unspecified atom stereocenters. The minimum atomic E-state index is 0.211. The molecule has 0 aromatic heterocycles. The van der Waals surface area contributed by atoms with Gasteiger partial charge in [-0.15, -0.1) is 0 Å². The van der Waals surface area contributed by atoms with E-state index in [1.165, 1.54) is 0 Å². The predicted molar refractivity (Wildman–Crippen MR) is 99.5 cm³/mol. The lowest BCUT2D eigenvalue weighted by Gasteiger charge is -2.32. The third kappa shape index (κ3) is 5.93. The fourth-order valence-corrected chi connectivity index (χ4v) is 2.43. The van der Waals surface area contributed by atoms with Crippen LogP contribution in [0.5, 0.6) is 0 Å². The first-order chi connectivity index (χ1) is 11.5. The zero-order valence-corrected chi connectivity index (χ0v) is 14.2. The van der Waals surface area contributed by atoms with Gasteiger partial charge in [-0.25, -0.2) is 0 Å². The lowest BCUT2D eigenvalue weighted by atomic mass is 10.1. The summed E-state index contributed by atoms with van der Waals surface area (Å²) in [5.41, 5.74) is 13.6. The summed E-state index contributed by atoms with van der Waals surface area (Å²) in [5.74, 6) is 0.211. The number of carbonyl (C=O) groups excluding carboxylic acids is 1. The molecule has 24 heavy (non-hydrogen) atoms. The smallest absolute Gasteiger partial charge is 0.227 e. The van der Waals surface area contributed by atoms with Crippen LogP contribution in [0.1, 0.15) is 5.56 Å². The second kappa shape index (κ2) is 8.93. The van der Waals surface area contributed by atoms with Crippen molar-refractivity contribution in [3.63, 3.8) is 0 Å². The zero-order chi connectivity index (χ0) is 17.4. The van der Waals surface area contributed by atoms with Gasteiger partial charge in [-0.3, -0.25) is 4.79 Å². The zero-order valence-electron chi connectivity index (χ0n) is 14.2. The Morgan fingerprint density at radius 2 is 1.42 bits per heavy atom. The molecule has 5 nitrogen and oxygen atoms in total. The molecule has 1 fully saturated rings. The summed E-state index contributed by atoms with van der Waals surface area (Å²) in [7, 11) is 2.09. The van der Waals surface area contributed by atoms with Gasteiger partial charge in [0.25, 0.3) is 0 Å². The summed E-state index contributed by atoms with van der Waals surface area (Å²) in [6.07, 6.45) is 0.476. The maximum atomic E-state index is 12.0. The fraction of sp³-hybridized carbons (Fsp3) is 0.316. The number of hydrogen-bond acceptors (Lipinski definition) is 4. The highest BCUT2D eigenvalue weighted by Gasteiger charge is 2.18. The van der Waals surface area contributed by atoms with Crippen molar-refractivity contribution in [2.24, 2.45) is 0 Å². The van der Waals surface area contributed by atoms with E-state index in [2.05, 4.69) is 11.9 Å². The molecule has 2 aromatic rings. The highest BCUT2D eigenvalue weighted by atomic mass is 16.2. The number of para-hydroxylation sites is 1. The number of benzene rings is 2. The molecule has 5 heteroatoms. The number of likely N-dealkylation sites (N-methyl/N-ethyl adjacent to an activating group) is 1. The number of piperazine rings is 1. The number of amides is 1. The maximum Gasteiger partial charge on any atom is 0.227 e. The van der Waals surface area contributed by atoms with Crippen LogP contribution in [0.25, 0.3) is 0 Å². The van der Waals surface area contributed by atoms with Gasteiger partial charge in [0.15, 0.2) is 0 Å². The Labute approximate surface area is 143 Å². The number of carbonyl (C=O) groups is 1. The van der Waals surface area contributed by atoms with Gasteiger partial charge in [-0.05, 0) is 36.9 Å². The van der Waals surface area contributed by atoms with Gasteiger partial charge < -0.3 is 21.3 Å². The molecule has 1 heterocycles. The molecule has 0 atom stereocenters. The van der Waals surface area contributed by atoms with Gasteiger partial charge in [0.2, 0.25) is 5.91 Å². The molecule has 0 aliphatic carbocycles. The predicted octanol–water partition coefficient (Wildman–Crippen LogP) is 1.85. The van der Waals surface area contributed by atoms with Crippen molar-refractivity contribution in [2.75, 3.05) is 44.7 Å². The molecule has 0 radical (unpaired) electrons. The van der Waals surface area contributed by atoms with Crippen LogP contribution >= 0.6 is 0 Å². The van der Waals surface area contributed by atoms with E-state index in [0.717, 1.165) is 43.1 Å². The van der Waals surface area contributed by atoms with Crippen LogP contribution in [0.2, 0.25) is 0 Å². The molecule has 128 valence electrons. The van der Waals surface area contributed by atoms with Crippen molar-refractivity contribution < 1.29 is 4.79 Å². The normalized spacial score (nSPS) is 14.6. The number of nitrogens with zero attached hydrogens (tertiary/aromatic N) is 2. The Kier molecular flexibility index (Phi) is 6.63. The molecule has 1 saturated heterocycles. The number of hydrogen-bond donors (Lipinski definition) is 2. The van der Waals surface area contributed by atoms with Crippen molar-refractivity contribution in [1.29, 1.82) is 0 Å². The Balaban J connectivity index is 0.000000249. The largest absolute Gasteiger partial charge is 0.399 e. The number of nitrogen functional groups attached to an aromatic ring is 2. The summed E-state index contributed by atoms with van der Waals surface area (Å²) in [5, 5.41) is 0. The lowest BCUT2D eigenvalue weighted by Crippen LogP contribution is -2.47. The molecule has 4 N–H and O–H groups in total. The van der Waals surface area contributed by atoms with Crippen LogP contribution in [0.3, 0.4) is 0 Å². The fourth-order valence-electron chi connectivity index (χ4n) is 2.43. The minimum absolute atomic E-state index is 0.211. The quantitative estimate of drug-likeness (QED) is 0.826. The van der Waals surface area contributed by atoms with Crippen molar-refractivity contribution in [3.05, 3.63) is 60.2 Å². The maximum absolute atomic E-state index is 12.0. The second-order valence-electron chi connectivity index (χ2n) is 6.01. The second-order valence-corrected chi connectivity index (χ2v) is 6.01. The summed E-state index contributed by atoms with van der Waals surface area (Å²) in [6, 6.07) is 17.0. The van der Waals surface area contributed by atoms with Crippen LogP contribution in [-0.4, -0.2) is 48.9 Å². The van der Waals surface area contributed by atoms with Gasteiger partial charge in [0, 0.05) is 37.6 Å². The summed E-state index contributed by atoms with van der Waals surface area (Å²) in [6.45, 7) is 3.61. The van der Waals surface area contributed by atoms with Crippen LogP contribution < -0.4 is 11.5 Å². The number of anilines is 2. The Morgan fingerprint density at radius 3 is 1.92 bits per heavy atom. The summed E-state index contributed by atoms with van der Waals surface area (Å²) < 4.78 is 0. The van der Waals surface area contributed by atoms with E-state index < -0.39 is 0 Å². The Hall–Kier alpha value is -2.53. The van der Waals surface area contributed by atoms with E-state index in [-0.39, 0.29) is 5.91 Å². The van der Waals surface area contributed by atoms with Crippen molar-refractivity contribution in [1.82, 2.24) is 9.80 Å². The van der Waals surface area contributed by atoms with Crippen LogP contribution in [0, 0.1) is 0 Å². The SMILES string of the molecule is CN1CCN(C(=O)Cc2ccc(N)cc2)CC1.Nc1ccccc1. The summed E-state index contributed by atoms with van der Waals surface area (Å²) in [4.78, 5) is 16.2. The van der Waals surface area contributed by atoms with Crippen molar-refractivity contribution in [2.45, 2.75) is 6.42 Å². The average molecular weight is 326 g/mol. The average Bonchev–Trinajstić information content (AvgIpc) is 2.59. The van der Waals surface area contributed by atoms with Crippen molar-refractivity contribution >= 4 is 17.3 Å². The lowest BCUT2D eigenvalue weighted by molar-refractivity contribution is -0.132. The van der Waals surface area contributed by atoms with Gasteiger partial charge in [0.1, 0.15) is 0 Å². The first-order valence-electron chi connectivity index (χ1n) is 8.16. The van der Waals surface area contributed by atoms with E-state index in [4.69, 9.17) is 11.5 Å². The first kappa shape index (κ1) is 17.8. The van der Waals surface area contributed by atoms with Crippen LogP contribution in [0.15, 0.2) is 54.6 Å². The minimum Gasteiger partial charge on any atom is -0.399 e. The molecular weight excluding hydrogens is 300 g/mol. The van der Waals surface area contributed by atoms with Gasteiger partial charge in [-0.1, -0.05) is 30.3 Å². The molecule has 0 saturated carbocycles. The molecule has 1 aliphatic rings. The van der Waals surface area contributed by atoms with E-state index >= 15 is 0 Å². The summed E-state index contributed by atoms with van der Waals surface area (Å²) >= 11 is 0. The Bertz CT molecular complexity index is 620. The van der Waals surface area contributed by atoms with Gasteiger partial charge >= 0.3 is 0 Å². The highest BCUT2D eigenvalue weighted by molar-refractivity contribution is 5.79. The number of rotatable bonds is 2. The van der Waals surface area contributed by atoms with Crippen LogP contribution in [0.4, 0.5) is 11.4 Å². The van der Waals surface area contributed by atoms with Gasteiger partial charge in [0.05, 0.1) is 6.42 Å². The standard InChI is InChI=1S/C13H19N3O.C6H7N/c1-15-6-8-16(9-7-15)13(17)10-11-2-4-12(14)5-3-11;7-6-4-2-1-3-5-6/h2-5H,6-10,14H2,1H3;1-5H,7H2. The van der Waals surface area contributed by atoms with E-state index in [9.17, 15) is 4.79 Å². The molecule has 3 rings (SSSR count). The van der Waals surface area contributed by atoms with E-state index in [1.54, 1.807) is 0 Å². The van der Waals surface area contributed by atoms with Crippen molar-refractivity contribution in [3.8, 4) is 0 Å². The third-order valence-electron chi connectivity index (χ3n) is 3.99. The molecule has 1 amide bonds. The molecule has 0 spiro atoms. The third-order valence-corrected chi connectivity index (χ3v) is 3.99. The molecule has 0 bridgehead atoms. The van der Waals surface area contributed by atoms with Gasteiger partial charge in [-0.2, -0.15) is 0 Å². The topological polar surface area (TPSA) is 75.6 Å². The number of nitrogens with two attached hydrogens (primary N) is 2. The molecule has 1 aliphatic heterocycles. The first-order valence-corrected chi connectivity index (χ1v) is 8.16. The monoisotopic (exact) mass is 326 g/mol.